The van der Waals surface area contributed by atoms with Crippen LogP contribution in [-0.2, 0) is 15.7 Å². The summed E-state index contributed by atoms with van der Waals surface area (Å²) >= 11 is 0. The number of hydrogen-bond donors (Lipinski definition) is 0. The first-order chi connectivity index (χ1) is 14.9. The number of rotatable bonds is 3. The molecule has 0 radical (unpaired) electrons. The quantitative estimate of drug-likeness (QED) is 0.603. The summed E-state index contributed by atoms with van der Waals surface area (Å²) in [6.07, 6.45) is -0.306. The highest BCUT2D eigenvalue weighted by atomic mass is 19.4. The Bertz CT molecular complexity index is 1000. The van der Waals surface area contributed by atoms with E-state index in [-0.39, 0.29) is 23.8 Å². The Labute approximate surface area is 179 Å². The highest BCUT2D eigenvalue weighted by Crippen LogP contribution is 2.52. The van der Waals surface area contributed by atoms with E-state index in [1.807, 2.05) is 18.2 Å². The van der Waals surface area contributed by atoms with Crippen molar-refractivity contribution in [3.63, 3.8) is 0 Å². The van der Waals surface area contributed by atoms with Crippen LogP contribution in [0.5, 0.6) is 0 Å². The molecule has 4 nitrogen and oxygen atoms in total. The molecule has 2 heterocycles. The Hall–Kier alpha value is -2.70. The molecule has 0 N–H and O–H groups in total. The number of esters is 1. The number of anilines is 3. The third-order valence-corrected chi connectivity index (χ3v) is 6.96. The van der Waals surface area contributed by atoms with E-state index in [2.05, 4.69) is 15.9 Å². The lowest BCUT2D eigenvalue weighted by Crippen LogP contribution is -2.50. The summed E-state index contributed by atoms with van der Waals surface area (Å²) in [6.45, 7) is 1.24. The van der Waals surface area contributed by atoms with E-state index in [1.54, 1.807) is 6.07 Å². The fourth-order valence-electron chi connectivity index (χ4n) is 5.38. The molecule has 164 valence electrons. The normalized spacial score (nSPS) is 23.2. The molecule has 0 aromatic heterocycles. The Morgan fingerprint density at radius 1 is 1.03 bits per heavy atom. The van der Waals surface area contributed by atoms with E-state index in [0.717, 1.165) is 48.3 Å². The summed E-state index contributed by atoms with van der Waals surface area (Å²) in [4.78, 5) is 16.1. The summed E-state index contributed by atoms with van der Waals surface area (Å²) in [5.74, 6) is -0.168. The number of benzene rings is 2. The van der Waals surface area contributed by atoms with Gasteiger partial charge in [-0.1, -0.05) is 18.9 Å². The number of ether oxygens (including phenoxy) is 1. The maximum absolute atomic E-state index is 13.3. The second-order valence-corrected chi connectivity index (χ2v) is 8.74. The average Bonchev–Trinajstić information content (AvgIpc) is 3.06. The lowest BCUT2D eigenvalue weighted by Gasteiger charge is -2.40. The molecule has 3 aliphatic rings. The summed E-state index contributed by atoms with van der Waals surface area (Å²) < 4.78 is 44.9. The monoisotopic (exact) mass is 430 g/mol. The molecule has 1 aliphatic carbocycles. The first-order valence-electron chi connectivity index (χ1n) is 10.8. The summed E-state index contributed by atoms with van der Waals surface area (Å²) in [7, 11) is 1.40. The van der Waals surface area contributed by atoms with Crippen LogP contribution < -0.4 is 9.80 Å². The lowest BCUT2D eigenvalue weighted by atomic mass is 9.82. The van der Waals surface area contributed by atoms with Gasteiger partial charge < -0.3 is 14.5 Å². The van der Waals surface area contributed by atoms with Gasteiger partial charge in [0.2, 0.25) is 0 Å². The van der Waals surface area contributed by atoms with Crippen LogP contribution in [0.2, 0.25) is 0 Å². The Morgan fingerprint density at radius 3 is 2.52 bits per heavy atom. The SMILES string of the molecule is COC(=O)C1CN(c2cccc(N3c4ccc(C(F)(F)F)cc4C4CCCCC43)c2)C1. The number of halogens is 3. The molecule has 2 aromatic carbocycles. The topological polar surface area (TPSA) is 32.8 Å². The van der Waals surface area contributed by atoms with E-state index in [1.165, 1.54) is 19.2 Å². The molecule has 0 amide bonds. The zero-order valence-corrected chi connectivity index (χ0v) is 17.4. The molecule has 2 aliphatic heterocycles. The molecular weight excluding hydrogens is 405 g/mol. The van der Waals surface area contributed by atoms with Gasteiger partial charge in [-0.05, 0) is 54.8 Å². The van der Waals surface area contributed by atoms with Gasteiger partial charge in [-0.3, -0.25) is 4.79 Å². The number of nitrogens with zero attached hydrogens (tertiary/aromatic N) is 2. The first-order valence-corrected chi connectivity index (χ1v) is 10.8. The number of carbonyl (C=O) groups excluding carboxylic acids is 1. The van der Waals surface area contributed by atoms with Crippen molar-refractivity contribution < 1.29 is 22.7 Å². The van der Waals surface area contributed by atoms with E-state index in [4.69, 9.17) is 4.74 Å². The molecule has 0 spiro atoms. The molecule has 1 saturated carbocycles. The van der Waals surface area contributed by atoms with Gasteiger partial charge in [-0.15, -0.1) is 0 Å². The Kier molecular flexibility index (Phi) is 4.87. The number of fused-ring (bicyclic) bond motifs is 3. The molecular formula is C24H25F3N2O2. The van der Waals surface area contributed by atoms with Crippen LogP contribution in [0.15, 0.2) is 42.5 Å². The molecule has 1 saturated heterocycles. The van der Waals surface area contributed by atoms with E-state index >= 15 is 0 Å². The number of alkyl halides is 3. The minimum atomic E-state index is -4.33. The standard InChI is InChI=1S/C24H25F3N2O2/c1-31-23(30)15-13-28(14-15)17-5-4-6-18(12-17)29-21-8-3-2-7-19(21)20-11-16(24(25,26)27)9-10-22(20)29/h4-6,9-12,15,19,21H,2-3,7-8,13-14H2,1H3. The zero-order valence-electron chi connectivity index (χ0n) is 17.4. The lowest BCUT2D eigenvalue weighted by molar-refractivity contribution is -0.146. The number of hydrogen-bond acceptors (Lipinski definition) is 4. The number of carbonyl (C=O) groups is 1. The average molecular weight is 430 g/mol. The predicted molar refractivity (Wildman–Crippen MR) is 113 cm³/mol. The molecule has 2 unspecified atom stereocenters. The van der Waals surface area contributed by atoms with Gasteiger partial charge in [0, 0.05) is 42.1 Å². The van der Waals surface area contributed by atoms with Crippen LogP contribution >= 0.6 is 0 Å². The molecule has 0 bridgehead atoms. The smallest absolute Gasteiger partial charge is 0.416 e. The highest BCUT2D eigenvalue weighted by Gasteiger charge is 2.42. The van der Waals surface area contributed by atoms with Crippen molar-refractivity contribution in [2.24, 2.45) is 5.92 Å². The highest BCUT2D eigenvalue weighted by molar-refractivity contribution is 5.78. The fraction of sp³-hybridized carbons (Fsp3) is 0.458. The summed E-state index contributed by atoms with van der Waals surface area (Å²) in [6, 6.07) is 12.5. The van der Waals surface area contributed by atoms with Gasteiger partial charge in [0.15, 0.2) is 0 Å². The van der Waals surface area contributed by atoms with Gasteiger partial charge in [-0.25, -0.2) is 0 Å². The molecule has 5 rings (SSSR count). The van der Waals surface area contributed by atoms with Crippen LogP contribution in [0.4, 0.5) is 30.2 Å². The van der Waals surface area contributed by atoms with Crippen molar-refractivity contribution in [3.8, 4) is 0 Å². The zero-order chi connectivity index (χ0) is 21.8. The Morgan fingerprint density at radius 2 is 1.77 bits per heavy atom. The van der Waals surface area contributed by atoms with E-state index in [9.17, 15) is 18.0 Å². The largest absolute Gasteiger partial charge is 0.469 e. The molecule has 7 heteroatoms. The predicted octanol–water partition coefficient (Wildman–Crippen LogP) is 5.49. The minimum Gasteiger partial charge on any atom is -0.469 e. The van der Waals surface area contributed by atoms with Crippen molar-refractivity contribution in [3.05, 3.63) is 53.6 Å². The van der Waals surface area contributed by atoms with Crippen LogP contribution in [0.25, 0.3) is 0 Å². The van der Waals surface area contributed by atoms with E-state index < -0.39 is 11.7 Å². The van der Waals surface area contributed by atoms with Gasteiger partial charge in [0.1, 0.15) is 0 Å². The van der Waals surface area contributed by atoms with Crippen molar-refractivity contribution in [1.82, 2.24) is 0 Å². The van der Waals surface area contributed by atoms with Crippen molar-refractivity contribution in [1.29, 1.82) is 0 Å². The van der Waals surface area contributed by atoms with E-state index in [0.29, 0.717) is 13.1 Å². The maximum atomic E-state index is 13.3. The van der Waals surface area contributed by atoms with Crippen molar-refractivity contribution >= 4 is 23.0 Å². The molecule has 2 aromatic rings. The first kappa shape index (κ1) is 20.2. The third-order valence-electron chi connectivity index (χ3n) is 6.96. The van der Waals surface area contributed by atoms with Crippen LogP contribution in [0.1, 0.15) is 42.7 Å². The van der Waals surface area contributed by atoms with Crippen LogP contribution in [-0.4, -0.2) is 32.2 Å². The Balaban J connectivity index is 1.47. The molecule has 2 atom stereocenters. The summed E-state index contributed by atoms with van der Waals surface area (Å²) in [5.41, 5.74) is 3.15. The van der Waals surface area contributed by atoms with Gasteiger partial charge in [0.25, 0.3) is 0 Å². The summed E-state index contributed by atoms with van der Waals surface area (Å²) in [5, 5.41) is 0. The maximum Gasteiger partial charge on any atom is 0.416 e. The van der Waals surface area contributed by atoms with Crippen LogP contribution in [0, 0.1) is 5.92 Å². The molecule has 2 fully saturated rings. The van der Waals surface area contributed by atoms with Crippen LogP contribution in [0.3, 0.4) is 0 Å². The van der Waals surface area contributed by atoms with Crippen molar-refractivity contribution in [2.75, 3.05) is 30.0 Å². The van der Waals surface area contributed by atoms with Gasteiger partial charge in [-0.2, -0.15) is 13.2 Å². The molecule has 31 heavy (non-hydrogen) atoms. The van der Waals surface area contributed by atoms with Gasteiger partial charge in [0.05, 0.1) is 18.6 Å². The second-order valence-electron chi connectivity index (χ2n) is 8.74. The van der Waals surface area contributed by atoms with Crippen molar-refractivity contribution in [2.45, 2.75) is 43.8 Å². The fourth-order valence-corrected chi connectivity index (χ4v) is 5.38. The second kappa shape index (κ2) is 7.46. The number of methoxy groups -OCH3 is 1. The minimum absolute atomic E-state index is 0.107. The third kappa shape index (κ3) is 3.44. The van der Waals surface area contributed by atoms with Gasteiger partial charge >= 0.3 is 12.1 Å².